The molecular weight excluding hydrogens is 274 g/mol. The molecule has 0 saturated heterocycles. The molecule has 2 rings (SSSR count). The summed E-state index contributed by atoms with van der Waals surface area (Å²) in [5.74, 6) is 0.468. The number of carbonyl (C=O) groups is 1. The number of nitrogens with zero attached hydrogens (tertiary/aromatic N) is 2. The zero-order chi connectivity index (χ0) is 14.7. The molecule has 0 amide bonds. The van der Waals surface area contributed by atoms with Gasteiger partial charge in [-0.3, -0.25) is 4.57 Å². The van der Waals surface area contributed by atoms with Crippen LogP contribution in [0.25, 0.3) is 5.69 Å². The van der Waals surface area contributed by atoms with E-state index in [2.05, 4.69) is 4.98 Å². The van der Waals surface area contributed by atoms with E-state index in [0.717, 1.165) is 10.6 Å². The van der Waals surface area contributed by atoms with Crippen LogP contribution >= 0.6 is 11.8 Å². The standard InChI is InChI=1S/C14H17N3O2S/c1-4-19-14(18)12-13(15)17(9(2)16-12)10-6-5-7-11(8-10)20-3/h5-8H,4,15H2,1-3H3. The number of ether oxygens (including phenoxy) is 1. The average Bonchev–Trinajstić information content (AvgIpc) is 2.74. The lowest BCUT2D eigenvalue weighted by atomic mass is 10.3. The van der Waals surface area contributed by atoms with Crippen molar-refractivity contribution in [1.82, 2.24) is 9.55 Å². The molecule has 2 aromatic rings. The van der Waals surface area contributed by atoms with Crippen LogP contribution in [-0.4, -0.2) is 28.4 Å². The van der Waals surface area contributed by atoms with E-state index >= 15 is 0 Å². The Labute approximate surface area is 122 Å². The van der Waals surface area contributed by atoms with Gasteiger partial charge in [0.25, 0.3) is 0 Å². The van der Waals surface area contributed by atoms with Crippen LogP contribution in [0.15, 0.2) is 29.2 Å². The Morgan fingerprint density at radius 1 is 1.50 bits per heavy atom. The van der Waals surface area contributed by atoms with Crippen molar-refractivity contribution < 1.29 is 9.53 Å². The minimum Gasteiger partial charge on any atom is -0.461 e. The van der Waals surface area contributed by atoms with E-state index in [-0.39, 0.29) is 5.69 Å². The number of nitrogen functional groups attached to an aromatic ring is 1. The van der Waals surface area contributed by atoms with Gasteiger partial charge in [0.1, 0.15) is 11.6 Å². The number of carbonyl (C=O) groups excluding carboxylic acids is 1. The van der Waals surface area contributed by atoms with Gasteiger partial charge < -0.3 is 10.5 Å². The van der Waals surface area contributed by atoms with Crippen molar-refractivity contribution in [2.45, 2.75) is 18.7 Å². The van der Waals surface area contributed by atoms with Crippen LogP contribution in [0.4, 0.5) is 5.82 Å². The number of hydrogen-bond donors (Lipinski definition) is 1. The van der Waals surface area contributed by atoms with Crippen LogP contribution < -0.4 is 5.73 Å². The summed E-state index contributed by atoms with van der Waals surface area (Å²) in [4.78, 5) is 17.1. The number of anilines is 1. The van der Waals surface area contributed by atoms with Crippen molar-refractivity contribution in [3.8, 4) is 5.69 Å². The van der Waals surface area contributed by atoms with Gasteiger partial charge in [0.15, 0.2) is 5.69 Å². The normalized spacial score (nSPS) is 10.6. The van der Waals surface area contributed by atoms with Gasteiger partial charge in [-0.15, -0.1) is 11.8 Å². The van der Waals surface area contributed by atoms with Gasteiger partial charge in [-0.25, -0.2) is 9.78 Å². The van der Waals surface area contributed by atoms with Gasteiger partial charge in [-0.05, 0) is 38.3 Å². The Bertz CT molecular complexity index is 637. The highest BCUT2D eigenvalue weighted by Crippen LogP contribution is 2.24. The molecule has 0 spiro atoms. The first-order valence-electron chi connectivity index (χ1n) is 6.24. The molecule has 0 radical (unpaired) electrons. The number of thioether (sulfide) groups is 1. The number of hydrogen-bond acceptors (Lipinski definition) is 5. The molecule has 106 valence electrons. The van der Waals surface area contributed by atoms with Crippen LogP contribution in [0.2, 0.25) is 0 Å². The van der Waals surface area contributed by atoms with E-state index in [0.29, 0.717) is 18.2 Å². The molecule has 1 heterocycles. The van der Waals surface area contributed by atoms with E-state index in [1.54, 1.807) is 23.3 Å². The minimum absolute atomic E-state index is 0.166. The van der Waals surface area contributed by atoms with Crippen LogP contribution in [0.5, 0.6) is 0 Å². The third kappa shape index (κ3) is 2.65. The van der Waals surface area contributed by atoms with Gasteiger partial charge in [-0.1, -0.05) is 6.07 Å². The van der Waals surface area contributed by atoms with E-state index in [9.17, 15) is 4.79 Å². The monoisotopic (exact) mass is 291 g/mol. The summed E-state index contributed by atoms with van der Waals surface area (Å²) >= 11 is 1.64. The quantitative estimate of drug-likeness (QED) is 0.692. The van der Waals surface area contributed by atoms with E-state index in [1.165, 1.54) is 0 Å². The number of esters is 1. The maximum absolute atomic E-state index is 11.8. The lowest BCUT2D eigenvalue weighted by Gasteiger charge is -2.09. The predicted octanol–water partition coefficient (Wildman–Crippen LogP) is 2.66. The van der Waals surface area contributed by atoms with E-state index in [1.807, 2.05) is 37.4 Å². The molecule has 0 unspecified atom stereocenters. The first-order valence-corrected chi connectivity index (χ1v) is 7.47. The highest BCUT2D eigenvalue weighted by Gasteiger charge is 2.20. The average molecular weight is 291 g/mol. The zero-order valence-electron chi connectivity index (χ0n) is 11.7. The van der Waals surface area contributed by atoms with Crippen molar-refractivity contribution in [2.75, 3.05) is 18.6 Å². The molecule has 0 aliphatic heterocycles. The molecule has 1 aromatic heterocycles. The number of aryl methyl sites for hydroxylation is 1. The topological polar surface area (TPSA) is 70.1 Å². The molecule has 1 aromatic carbocycles. The number of aromatic nitrogens is 2. The van der Waals surface area contributed by atoms with Crippen molar-refractivity contribution in [1.29, 1.82) is 0 Å². The number of benzene rings is 1. The Balaban J connectivity index is 2.49. The molecule has 5 nitrogen and oxygen atoms in total. The highest BCUT2D eigenvalue weighted by molar-refractivity contribution is 7.98. The van der Waals surface area contributed by atoms with Gasteiger partial charge >= 0.3 is 5.97 Å². The summed E-state index contributed by atoms with van der Waals surface area (Å²) in [6.07, 6.45) is 2.01. The molecule has 20 heavy (non-hydrogen) atoms. The van der Waals surface area contributed by atoms with Crippen LogP contribution in [0.3, 0.4) is 0 Å². The van der Waals surface area contributed by atoms with Crippen molar-refractivity contribution in [3.63, 3.8) is 0 Å². The van der Waals surface area contributed by atoms with Gasteiger partial charge in [0, 0.05) is 10.6 Å². The molecule has 0 fully saturated rings. The fourth-order valence-electron chi connectivity index (χ4n) is 1.97. The molecule has 0 aliphatic carbocycles. The summed E-state index contributed by atoms with van der Waals surface area (Å²) in [6.45, 7) is 3.86. The summed E-state index contributed by atoms with van der Waals surface area (Å²) < 4.78 is 6.71. The number of rotatable bonds is 4. The second-order valence-electron chi connectivity index (χ2n) is 4.15. The second-order valence-corrected chi connectivity index (χ2v) is 5.03. The maximum Gasteiger partial charge on any atom is 0.360 e. The molecule has 6 heteroatoms. The molecule has 0 bridgehead atoms. The van der Waals surface area contributed by atoms with Crippen LogP contribution in [0.1, 0.15) is 23.2 Å². The van der Waals surface area contributed by atoms with Crippen molar-refractivity contribution in [2.24, 2.45) is 0 Å². The first-order chi connectivity index (χ1) is 9.58. The largest absolute Gasteiger partial charge is 0.461 e. The lowest BCUT2D eigenvalue weighted by Crippen LogP contribution is -2.09. The molecule has 2 N–H and O–H groups in total. The van der Waals surface area contributed by atoms with Crippen molar-refractivity contribution in [3.05, 3.63) is 35.8 Å². The Kier molecular flexibility index (Phi) is 4.34. The lowest BCUT2D eigenvalue weighted by molar-refractivity contribution is 0.0521. The fourth-order valence-corrected chi connectivity index (χ4v) is 2.43. The highest BCUT2D eigenvalue weighted by atomic mass is 32.2. The Morgan fingerprint density at radius 3 is 2.90 bits per heavy atom. The number of nitrogens with two attached hydrogens (primary N) is 1. The number of imidazole rings is 1. The predicted molar refractivity (Wildman–Crippen MR) is 80.5 cm³/mol. The van der Waals surface area contributed by atoms with Gasteiger partial charge in [0.2, 0.25) is 0 Å². The Morgan fingerprint density at radius 2 is 2.25 bits per heavy atom. The summed E-state index contributed by atoms with van der Waals surface area (Å²) in [6, 6.07) is 7.90. The zero-order valence-corrected chi connectivity index (χ0v) is 12.5. The molecule has 0 atom stereocenters. The second kappa shape index (κ2) is 6.00. The van der Waals surface area contributed by atoms with Gasteiger partial charge in [0.05, 0.1) is 6.61 Å². The third-order valence-electron chi connectivity index (χ3n) is 2.86. The SMILES string of the molecule is CCOC(=O)c1nc(C)n(-c2cccc(SC)c2)c1N. The summed E-state index contributed by atoms with van der Waals surface area (Å²) in [5.41, 5.74) is 7.10. The van der Waals surface area contributed by atoms with E-state index < -0.39 is 5.97 Å². The van der Waals surface area contributed by atoms with Gasteiger partial charge in [-0.2, -0.15) is 0 Å². The summed E-state index contributed by atoms with van der Waals surface area (Å²) in [7, 11) is 0. The van der Waals surface area contributed by atoms with Crippen molar-refractivity contribution >= 4 is 23.5 Å². The van der Waals surface area contributed by atoms with Crippen LogP contribution in [0, 0.1) is 6.92 Å². The first kappa shape index (κ1) is 14.5. The third-order valence-corrected chi connectivity index (χ3v) is 3.59. The minimum atomic E-state index is -0.493. The fraction of sp³-hybridized carbons (Fsp3) is 0.286. The summed E-state index contributed by atoms with van der Waals surface area (Å²) in [5, 5.41) is 0. The van der Waals surface area contributed by atoms with Crippen LogP contribution in [-0.2, 0) is 4.74 Å². The molecular formula is C14H17N3O2S. The molecule has 0 saturated carbocycles. The molecule has 0 aliphatic rings. The maximum atomic E-state index is 11.8. The van der Waals surface area contributed by atoms with E-state index in [4.69, 9.17) is 10.5 Å². The Hall–Kier alpha value is -1.95. The smallest absolute Gasteiger partial charge is 0.360 e.